The van der Waals surface area contributed by atoms with Gasteiger partial charge in [-0.05, 0) is 30.7 Å². The molecule has 0 bridgehead atoms. The van der Waals surface area contributed by atoms with E-state index in [9.17, 15) is 9.18 Å². The molecule has 1 N–H and O–H groups in total. The minimum Gasteiger partial charge on any atom is -0.493 e. The highest BCUT2D eigenvalue weighted by atomic mass is 19.1. The Bertz CT molecular complexity index is 683. The summed E-state index contributed by atoms with van der Waals surface area (Å²) >= 11 is 0. The van der Waals surface area contributed by atoms with Gasteiger partial charge in [-0.1, -0.05) is 43.7 Å². The van der Waals surface area contributed by atoms with Crippen molar-refractivity contribution in [2.75, 3.05) is 11.9 Å². The standard InChI is InChI=1S/C19H20FNO2/c1-2-3-14-23-18-11-7-4-8-15(18)12-13-19(22)21-17-10-6-5-9-16(17)20/h4-13H,2-3,14H2,1H3,(H,21,22)/b13-12+. The predicted octanol–water partition coefficient (Wildman–Crippen LogP) is 4.66. The van der Waals surface area contributed by atoms with E-state index in [1.165, 1.54) is 18.2 Å². The monoisotopic (exact) mass is 313 g/mol. The summed E-state index contributed by atoms with van der Waals surface area (Å²) in [6, 6.07) is 13.6. The topological polar surface area (TPSA) is 38.3 Å². The lowest BCUT2D eigenvalue weighted by atomic mass is 10.2. The third-order valence-corrected chi connectivity index (χ3v) is 3.22. The first-order valence-electron chi connectivity index (χ1n) is 7.66. The number of rotatable bonds is 7. The summed E-state index contributed by atoms with van der Waals surface area (Å²) in [5.74, 6) is -0.119. The zero-order valence-corrected chi connectivity index (χ0v) is 13.1. The van der Waals surface area contributed by atoms with E-state index < -0.39 is 11.7 Å². The van der Waals surface area contributed by atoms with Crippen LogP contribution in [0.15, 0.2) is 54.6 Å². The van der Waals surface area contributed by atoms with Gasteiger partial charge in [0.1, 0.15) is 11.6 Å². The Balaban J connectivity index is 2.02. The molecule has 0 radical (unpaired) electrons. The van der Waals surface area contributed by atoms with Crippen molar-refractivity contribution in [1.29, 1.82) is 0 Å². The van der Waals surface area contributed by atoms with Crippen molar-refractivity contribution < 1.29 is 13.9 Å². The summed E-state index contributed by atoms with van der Waals surface area (Å²) in [5, 5.41) is 2.51. The second kappa shape index (κ2) is 8.73. The smallest absolute Gasteiger partial charge is 0.248 e. The van der Waals surface area contributed by atoms with Crippen LogP contribution in [0.25, 0.3) is 6.08 Å². The summed E-state index contributed by atoms with van der Waals surface area (Å²) in [4.78, 5) is 11.9. The first kappa shape index (κ1) is 16.7. The first-order valence-corrected chi connectivity index (χ1v) is 7.66. The van der Waals surface area contributed by atoms with Crippen LogP contribution in [0, 0.1) is 5.82 Å². The van der Waals surface area contributed by atoms with Crippen LogP contribution in [-0.4, -0.2) is 12.5 Å². The van der Waals surface area contributed by atoms with Crippen LogP contribution in [-0.2, 0) is 4.79 Å². The SMILES string of the molecule is CCCCOc1ccccc1/C=C/C(=O)Nc1ccccc1F. The molecular weight excluding hydrogens is 293 g/mol. The maximum atomic E-state index is 13.5. The number of ether oxygens (including phenoxy) is 1. The highest BCUT2D eigenvalue weighted by Crippen LogP contribution is 2.20. The molecule has 0 fully saturated rings. The summed E-state index contributed by atoms with van der Waals surface area (Å²) < 4.78 is 19.2. The van der Waals surface area contributed by atoms with E-state index in [0.29, 0.717) is 6.61 Å². The molecule has 0 aromatic heterocycles. The predicted molar refractivity (Wildman–Crippen MR) is 90.9 cm³/mol. The molecule has 0 aliphatic rings. The van der Waals surface area contributed by atoms with Gasteiger partial charge in [0.15, 0.2) is 0 Å². The van der Waals surface area contributed by atoms with E-state index >= 15 is 0 Å². The number of anilines is 1. The van der Waals surface area contributed by atoms with Gasteiger partial charge in [-0.25, -0.2) is 4.39 Å². The molecule has 3 nitrogen and oxygen atoms in total. The third-order valence-electron chi connectivity index (χ3n) is 3.22. The molecule has 2 aromatic carbocycles. The van der Waals surface area contributed by atoms with Crippen LogP contribution in [0.3, 0.4) is 0 Å². The van der Waals surface area contributed by atoms with Gasteiger partial charge in [-0.3, -0.25) is 4.79 Å². The number of carbonyl (C=O) groups excluding carboxylic acids is 1. The van der Waals surface area contributed by atoms with Gasteiger partial charge in [0.2, 0.25) is 5.91 Å². The molecule has 2 rings (SSSR count). The largest absolute Gasteiger partial charge is 0.493 e. The number of para-hydroxylation sites is 2. The highest BCUT2D eigenvalue weighted by Gasteiger charge is 2.04. The average Bonchev–Trinajstić information content (AvgIpc) is 2.56. The molecule has 120 valence electrons. The van der Waals surface area contributed by atoms with Crippen LogP contribution >= 0.6 is 0 Å². The zero-order chi connectivity index (χ0) is 16.5. The maximum Gasteiger partial charge on any atom is 0.248 e. The molecule has 23 heavy (non-hydrogen) atoms. The molecule has 2 aromatic rings. The Morgan fingerprint density at radius 2 is 1.91 bits per heavy atom. The number of benzene rings is 2. The minimum absolute atomic E-state index is 0.162. The minimum atomic E-state index is -0.461. The average molecular weight is 313 g/mol. The Labute approximate surface area is 135 Å². The number of unbranched alkanes of at least 4 members (excludes halogenated alkanes) is 1. The second-order valence-corrected chi connectivity index (χ2v) is 5.04. The molecule has 0 atom stereocenters. The number of carbonyl (C=O) groups is 1. The van der Waals surface area contributed by atoms with Crippen LogP contribution in [0.4, 0.5) is 10.1 Å². The zero-order valence-electron chi connectivity index (χ0n) is 13.1. The van der Waals surface area contributed by atoms with Crippen LogP contribution in [0.5, 0.6) is 5.75 Å². The molecule has 0 saturated heterocycles. The summed E-state index contributed by atoms with van der Waals surface area (Å²) in [6.45, 7) is 2.74. The Morgan fingerprint density at radius 1 is 1.17 bits per heavy atom. The highest BCUT2D eigenvalue weighted by molar-refractivity contribution is 6.02. The second-order valence-electron chi connectivity index (χ2n) is 5.04. The van der Waals surface area contributed by atoms with Gasteiger partial charge in [-0.2, -0.15) is 0 Å². The van der Waals surface area contributed by atoms with Gasteiger partial charge >= 0.3 is 0 Å². The van der Waals surface area contributed by atoms with Crippen LogP contribution in [0.1, 0.15) is 25.3 Å². The lowest BCUT2D eigenvalue weighted by Crippen LogP contribution is -2.09. The van der Waals surface area contributed by atoms with Crippen molar-refractivity contribution in [1.82, 2.24) is 0 Å². The van der Waals surface area contributed by atoms with E-state index in [2.05, 4.69) is 12.2 Å². The first-order chi connectivity index (χ1) is 11.2. The van der Waals surface area contributed by atoms with Crippen LogP contribution in [0.2, 0.25) is 0 Å². The number of amides is 1. The van der Waals surface area contributed by atoms with Crippen molar-refractivity contribution in [3.05, 3.63) is 66.0 Å². The van der Waals surface area contributed by atoms with E-state index in [4.69, 9.17) is 4.74 Å². The number of hydrogen-bond donors (Lipinski definition) is 1. The Hall–Kier alpha value is -2.62. The molecule has 4 heteroatoms. The lowest BCUT2D eigenvalue weighted by Gasteiger charge is -2.08. The molecule has 0 aliphatic carbocycles. The van der Waals surface area contributed by atoms with Crippen molar-refractivity contribution in [3.8, 4) is 5.75 Å². The lowest BCUT2D eigenvalue weighted by molar-refractivity contribution is -0.111. The van der Waals surface area contributed by atoms with Crippen molar-refractivity contribution in [2.24, 2.45) is 0 Å². The molecule has 0 heterocycles. The van der Waals surface area contributed by atoms with Gasteiger partial charge in [0.25, 0.3) is 0 Å². The van der Waals surface area contributed by atoms with Crippen molar-refractivity contribution >= 4 is 17.7 Å². The Kier molecular flexibility index (Phi) is 6.36. The fourth-order valence-corrected chi connectivity index (χ4v) is 1.98. The fourth-order valence-electron chi connectivity index (χ4n) is 1.98. The quantitative estimate of drug-likeness (QED) is 0.596. The van der Waals surface area contributed by atoms with E-state index in [1.807, 2.05) is 24.3 Å². The fraction of sp³-hybridized carbons (Fsp3) is 0.211. The van der Waals surface area contributed by atoms with E-state index in [1.54, 1.807) is 18.2 Å². The molecular formula is C19H20FNO2. The van der Waals surface area contributed by atoms with Gasteiger partial charge in [-0.15, -0.1) is 0 Å². The van der Waals surface area contributed by atoms with E-state index in [0.717, 1.165) is 24.2 Å². The molecule has 0 aliphatic heterocycles. The normalized spacial score (nSPS) is 10.7. The van der Waals surface area contributed by atoms with Crippen molar-refractivity contribution in [2.45, 2.75) is 19.8 Å². The molecule has 1 amide bonds. The van der Waals surface area contributed by atoms with Crippen molar-refractivity contribution in [3.63, 3.8) is 0 Å². The van der Waals surface area contributed by atoms with E-state index in [-0.39, 0.29) is 5.69 Å². The summed E-state index contributed by atoms with van der Waals surface area (Å²) in [5.41, 5.74) is 0.974. The number of halogens is 1. The maximum absolute atomic E-state index is 13.5. The molecule has 0 unspecified atom stereocenters. The van der Waals surface area contributed by atoms with Gasteiger partial charge in [0, 0.05) is 11.6 Å². The summed E-state index contributed by atoms with van der Waals surface area (Å²) in [6.07, 6.45) is 5.07. The summed E-state index contributed by atoms with van der Waals surface area (Å²) in [7, 11) is 0. The number of nitrogens with one attached hydrogen (secondary N) is 1. The van der Waals surface area contributed by atoms with Crippen LogP contribution < -0.4 is 10.1 Å². The Morgan fingerprint density at radius 3 is 2.70 bits per heavy atom. The molecule has 0 saturated carbocycles. The van der Waals surface area contributed by atoms with Gasteiger partial charge in [0.05, 0.1) is 12.3 Å². The third kappa shape index (κ3) is 5.25. The molecule has 0 spiro atoms. The van der Waals surface area contributed by atoms with Gasteiger partial charge < -0.3 is 10.1 Å². The number of hydrogen-bond acceptors (Lipinski definition) is 2.